The molecule has 1 aliphatic rings. The summed E-state index contributed by atoms with van der Waals surface area (Å²) in [4.78, 5) is 87.9. The molecule has 3 aromatic rings. The van der Waals surface area contributed by atoms with Crippen molar-refractivity contribution in [2.45, 2.75) is 46.3 Å². The van der Waals surface area contributed by atoms with Crippen LogP contribution in [0, 0.1) is 11.3 Å². The van der Waals surface area contributed by atoms with Crippen LogP contribution in [0.4, 0.5) is 5.13 Å². The number of aromatic amines is 1. The third-order valence-corrected chi connectivity index (χ3v) is 9.26. The van der Waals surface area contributed by atoms with E-state index in [0.29, 0.717) is 4.90 Å². The summed E-state index contributed by atoms with van der Waals surface area (Å²) in [5.74, 6) is -7.78. The molecule has 6 N–H and O–H groups in total. The maximum Gasteiger partial charge on any atom is 0.360 e. The van der Waals surface area contributed by atoms with Crippen molar-refractivity contribution in [3.05, 3.63) is 44.0 Å². The Balaban J connectivity index is 1.53. The minimum absolute atomic E-state index is 0.0328. The lowest BCUT2D eigenvalue weighted by Gasteiger charge is -2.36. The van der Waals surface area contributed by atoms with Crippen molar-refractivity contribution in [3.8, 4) is 17.3 Å². The number of H-pyrrole nitrogens is 1. The highest BCUT2D eigenvalue weighted by atomic mass is 32.2. The van der Waals surface area contributed by atoms with Crippen molar-refractivity contribution >= 4 is 55.8 Å². The Kier molecular flexibility index (Phi) is 9.98. The molecule has 1 atom stereocenters. The van der Waals surface area contributed by atoms with E-state index in [2.05, 4.69) is 20.2 Å². The summed E-state index contributed by atoms with van der Waals surface area (Å²) in [5, 5.41) is 37.6. The van der Waals surface area contributed by atoms with E-state index in [1.807, 2.05) is 0 Å². The largest absolute Gasteiger partial charge is 0.503 e. The molecule has 1 saturated heterocycles. The molecule has 0 aliphatic carbocycles. The van der Waals surface area contributed by atoms with Crippen LogP contribution in [-0.2, 0) is 40.6 Å². The molecule has 0 saturated carbocycles. The molecule has 4 heterocycles. The Bertz CT molecular complexity index is 2090. The smallest absolute Gasteiger partial charge is 0.360 e. The van der Waals surface area contributed by atoms with Gasteiger partial charge in [0.2, 0.25) is 22.8 Å². The normalized spacial score (nSPS) is 15.6. The third kappa shape index (κ3) is 7.76. The number of amides is 2. The van der Waals surface area contributed by atoms with Crippen LogP contribution >= 0.6 is 11.3 Å². The molecule has 22 heteroatoms. The van der Waals surface area contributed by atoms with Gasteiger partial charge in [-0.05, 0) is 13.8 Å². The van der Waals surface area contributed by atoms with Gasteiger partial charge in [0.25, 0.3) is 10.0 Å². The van der Waals surface area contributed by atoms with Gasteiger partial charge in [0, 0.05) is 49.2 Å². The van der Waals surface area contributed by atoms with Gasteiger partial charge in [0.05, 0.1) is 11.6 Å². The molecule has 49 heavy (non-hydrogen) atoms. The molecule has 0 bridgehead atoms. The van der Waals surface area contributed by atoms with Crippen LogP contribution < -0.4 is 16.9 Å². The SMILES string of the molecule is CC(C)(CO)Cn1c(-c2cc(=O)c(O)c[nH]2)nn(S(=O)(=O)CC(=O)N2C[C@H](CC(=O)/C(=N\OC(C)(C)C(=O)O)c3csc(N)n3)C2=O)c1=O. The maximum absolute atomic E-state index is 13.3. The van der Waals surface area contributed by atoms with Crippen LogP contribution in [0.2, 0.25) is 0 Å². The summed E-state index contributed by atoms with van der Waals surface area (Å²) >= 11 is 0.961. The fraction of sp³-hybridized carbons (Fsp3) is 0.444. The topological polar surface area (TPSA) is 300 Å². The van der Waals surface area contributed by atoms with Crippen LogP contribution in [0.15, 0.2) is 32.4 Å². The number of ketones is 1. The van der Waals surface area contributed by atoms with Crippen LogP contribution in [-0.4, -0.2) is 106 Å². The van der Waals surface area contributed by atoms with Crippen LogP contribution in [0.5, 0.6) is 5.75 Å². The van der Waals surface area contributed by atoms with Gasteiger partial charge in [-0.1, -0.05) is 19.0 Å². The highest BCUT2D eigenvalue weighted by Crippen LogP contribution is 2.25. The number of aromatic nitrogens is 5. The fourth-order valence-corrected chi connectivity index (χ4v) is 5.97. The molecule has 0 spiro atoms. The van der Waals surface area contributed by atoms with E-state index in [0.717, 1.165) is 28.2 Å². The number of aromatic hydroxyl groups is 1. The predicted octanol–water partition coefficient (Wildman–Crippen LogP) is -1.43. The van der Waals surface area contributed by atoms with Crippen LogP contribution in [0.1, 0.15) is 39.8 Å². The number of pyridine rings is 1. The predicted molar refractivity (Wildman–Crippen MR) is 170 cm³/mol. The molecular formula is C27H32N8O12S2. The molecule has 4 rings (SSSR count). The van der Waals surface area contributed by atoms with Crippen molar-refractivity contribution in [1.82, 2.24) is 28.6 Å². The number of carboxylic acid groups (broad SMARTS) is 1. The molecule has 0 unspecified atom stereocenters. The molecule has 20 nitrogen and oxygen atoms in total. The number of nitrogens with zero attached hydrogens (tertiary/aromatic N) is 6. The van der Waals surface area contributed by atoms with Crippen molar-refractivity contribution in [2.75, 3.05) is 24.6 Å². The number of nitrogens with one attached hydrogen (secondary N) is 1. The first-order valence-electron chi connectivity index (χ1n) is 14.2. The van der Waals surface area contributed by atoms with Crippen molar-refractivity contribution in [3.63, 3.8) is 0 Å². The average Bonchev–Trinajstić information content (AvgIpc) is 3.58. The molecule has 264 valence electrons. The lowest BCUT2D eigenvalue weighted by molar-refractivity contribution is -0.161. The van der Waals surface area contributed by atoms with Gasteiger partial charge in [-0.3, -0.25) is 28.6 Å². The number of aliphatic hydroxyl groups is 1. The molecule has 3 aromatic heterocycles. The number of likely N-dealkylation sites (tertiary alicyclic amines) is 1. The second-order valence-corrected chi connectivity index (χ2v) is 15.0. The number of oxime groups is 1. The minimum Gasteiger partial charge on any atom is -0.503 e. The van der Waals surface area contributed by atoms with E-state index in [4.69, 9.17) is 10.6 Å². The van der Waals surface area contributed by atoms with Crippen LogP contribution in [0.25, 0.3) is 11.5 Å². The Morgan fingerprint density at radius 3 is 2.43 bits per heavy atom. The van der Waals surface area contributed by atoms with Crippen molar-refractivity contribution < 1.29 is 47.8 Å². The zero-order valence-corrected chi connectivity index (χ0v) is 28.1. The zero-order valence-electron chi connectivity index (χ0n) is 26.4. The average molecular weight is 725 g/mol. The number of Topliss-reactive ketones (excluding diaryl/α,β-unsaturated/α-hetero) is 1. The summed E-state index contributed by atoms with van der Waals surface area (Å²) in [7, 11) is -4.89. The summed E-state index contributed by atoms with van der Waals surface area (Å²) in [6, 6.07) is 0.875. The van der Waals surface area contributed by atoms with E-state index in [-0.39, 0.29) is 39.5 Å². The number of carbonyl (C=O) groups is 4. The molecular weight excluding hydrogens is 692 g/mol. The number of rotatable bonds is 14. The van der Waals surface area contributed by atoms with Crippen molar-refractivity contribution in [1.29, 1.82) is 0 Å². The lowest BCUT2D eigenvalue weighted by atomic mass is 9.91. The second-order valence-electron chi connectivity index (χ2n) is 12.3. The van der Waals surface area contributed by atoms with Gasteiger partial charge >= 0.3 is 11.7 Å². The number of hydrogen-bond donors (Lipinski definition) is 5. The van der Waals surface area contributed by atoms with Gasteiger partial charge in [-0.2, -0.15) is 0 Å². The first kappa shape index (κ1) is 36.6. The Morgan fingerprint density at radius 2 is 1.88 bits per heavy atom. The number of hydrogen-bond acceptors (Lipinski definition) is 16. The number of aliphatic hydroxyl groups excluding tert-OH is 1. The number of nitrogens with two attached hydrogens (primary N) is 1. The van der Waals surface area contributed by atoms with Gasteiger partial charge < -0.3 is 30.9 Å². The molecule has 0 radical (unpaired) electrons. The number of β-lactam (4-membered cyclic amide) rings is 1. The van der Waals surface area contributed by atoms with E-state index in [9.17, 15) is 52.5 Å². The van der Waals surface area contributed by atoms with E-state index in [1.54, 1.807) is 13.8 Å². The Hall–Kier alpha value is -5.22. The third-order valence-electron chi connectivity index (χ3n) is 7.21. The number of thiazole rings is 1. The molecule has 0 aromatic carbocycles. The van der Waals surface area contributed by atoms with E-state index >= 15 is 0 Å². The number of carbonyl (C=O) groups excluding carboxylic acids is 3. The summed E-state index contributed by atoms with van der Waals surface area (Å²) in [6.45, 7) is 4.43. The first-order chi connectivity index (χ1) is 22.7. The standard InChI is InChI=1S/C27H32N8O12S2/c1-26(2,12-36)11-34-21(14-6-16(37)18(39)7-29-14)31-35(25(34)44)49(45,46)10-19(40)33-8-13(22(33)41)5-17(38)20(15-9-48-24(28)30-15)32-47-27(3,4)23(42)43/h6-7,9,13,36,39H,5,8,10-12H2,1-4H3,(H2,28,30)(H,29,37)(H,42,43)/b32-20-/t13-/m0/s1. The summed E-state index contributed by atoms with van der Waals surface area (Å²) < 4.78 is 27.5. The summed E-state index contributed by atoms with van der Waals surface area (Å²) in [6.07, 6.45) is 0.379. The zero-order chi connectivity index (χ0) is 36.6. The minimum atomic E-state index is -4.89. The maximum atomic E-state index is 13.3. The lowest BCUT2D eigenvalue weighted by Crippen LogP contribution is -2.57. The van der Waals surface area contributed by atoms with E-state index < -0.39 is 91.9 Å². The van der Waals surface area contributed by atoms with Gasteiger partial charge in [0.1, 0.15) is 5.69 Å². The molecule has 1 aliphatic heterocycles. The quantitative estimate of drug-likeness (QED) is 0.0723. The van der Waals surface area contributed by atoms with E-state index in [1.165, 1.54) is 19.2 Å². The molecule has 1 fully saturated rings. The molecule has 2 amide bonds. The van der Waals surface area contributed by atoms with Gasteiger partial charge in [-0.25, -0.2) is 23.0 Å². The number of aliphatic carboxylic acids is 1. The number of nitrogen functional groups attached to an aromatic ring is 1. The number of carboxylic acids is 1. The van der Waals surface area contributed by atoms with Gasteiger partial charge in [0.15, 0.2) is 34.0 Å². The van der Waals surface area contributed by atoms with Crippen LogP contribution in [0.3, 0.4) is 0 Å². The Morgan fingerprint density at radius 1 is 1.20 bits per heavy atom. The number of imide groups is 1. The fourth-order valence-electron chi connectivity index (χ4n) is 4.29. The van der Waals surface area contributed by atoms with Crippen molar-refractivity contribution in [2.24, 2.45) is 16.5 Å². The van der Waals surface area contributed by atoms with Gasteiger partial charge in [-0.15, -0.1) is 20.5 Å². The monoisotopic (exact) mass is 724 g/mol. The Labute approximate surface area is 280 Å². The highest BCUT2D eigenvalue weighted by molar-refractivity contribution is 7.90. The second kappa shape index (κ2) is 13.4. The number of anilines is 1. The highest BCUT2D eigenvalue weighted by Gasteiger charge is 2.44. The first-order valence-corrected chi connectivity index (χ1v) is 16.7. The summed E-state index contributed by atoms with van der Waals surface area (Å²) in [5.41, 5.74) is 0.119.